The van der Waals surface area contributed by atoms with Crippen LogP contribution in [0.1, 0.15) is 35.4 Å². The van der Waals surface area contributed by atoms with Gasteiger partial charge >= 0.3 is 6.09 Å². The molecule has 4 heteroatoms. The number of benzene rings is 2. The van der Waals surface area contributed by atoms with E-state index >= 15 is 0 Å². The van der Waals surface area contributed by atoms with Crippen molar-refractivity contribution in [3.63, 3.8) is 0 Å². The summed E-state index contributed by atoms with van der Waals surface area (Å²) >= 11 is 0. The molecule has 0 heterocycles. The maximum absolute atomic E-state index is 11.9. The van der Waals surface area contributed by atoms with Gasteiger partial charge < -0.3 is 4.74 Å². The summed E-state index contributed by atoms with van der Waals surface area (Å²) < 4.78 is 5.23. The molecule has 1 fully saturated rings. The van der Waals surface area contributed by atoms with Crippen molar-refractivity contribution in [2.75, 3.05) is 5.32 Å². The minimum absolute atomic E-state index is 0.238. The van der Waals surface area contributed by atoms with Gasteiger partial charge in [-0.15, -0.1) is 0 Å². The molecule has 0 aromatic heterocycles. The Labute approximate surface area is 129 Å². The average molecular weight is 292 g/mol. The number of carbonyl (C=O) groups excluding carboxylic acids is 1. The van der Waals surface area contributed by atoms with Gasteiger partial charge in [0.2, 0.25) is 0 Å². The van der Waals surface area contributed by atoms with Crippen LogP contribution >= 0.6 is 0 Å². The molecule has 2 aromatic rings. The molecule has 1 N–H and O–H groups in total. The lowest BCUT2D eigenvalue weighted by molar-refractivity contribution is 0.155. The second-order valence-corrected chi connectivity index (χ2v) is 5.37. The van der Waals surface area contributed by atoms with Gasteiger partial charge in [0, 0.05) is 5.69 Å². The van der Waals surface area contributed by atoms with Crippen molar-refractivity contribution in [1.82, 2.24) is 0 Å². The van der Waals surface area contributed by atoms with E-state index in [0.717, 1.165) is 29.7 Å². The van der Waals surface area contributed by atoms with Gasteiger partial charge in [-0.25, -0.2) is 4.79 Å². The highest BCUT2D eigenvalue weighted by molar-refractivity contribution is 5.86. The molecule has 0 spiro atoms. The molecule has 0 unspecified atom stereocenters. The number of nitrogens with one attached hydrogen (secondary N) is 1. The fourth-order valence-corrected chi connectivity index (χ4v) is 2.35. The number of carbonyl (C=O) groups is 1. The zero-order valence-corrected chi connectivity index (χ0v) is 12.1. The maximum atomic E-state index is 11.9. The van der Waals surface area contributed by atoms with Crippen LogP contribution in [0.5, 0.6) is 0 Å². The number of anilines is 1. The topological polar surface area (TPSA) is 62.1 Å². The van der Waals surface area contributed by atoms with Crippen LogP contribution in [0, 0.1) is 11.3 Å². The lowest BCUT2D eigenvalue weighted by atomic mass is 10.1. The Balaban J connectivity index is 1.65. The normalized spacial score (nSPS) is 13.2. The molecule has 0 bridgehead atoms. The molecule has 22 heavy (non-hydrogen) atoms. The van der Waals surface area contributed by atoms with E-state index in [-0.39, 0.29) is 6.61 Å². The highest BCUT2D eigenvalue weighted by Gasteiger charge is 2.27. The van der Waals surface area contributed by atoms with Crippen LogP contribution in [0.25, 0.3) is 0 Å². The van der Waals surface area contributed by atoms with Gasteiger partial charge in [-0.2, -0.15) is 5.26 Å². The number of nitriles is 1. The van der Waals surface area contributed by atoms with Crippen LogP contribution in [-0.2, 0) is 11.3 Å². The SMILES string of the molecule is N#Cc1ccc(NC(=O)OCc2ccccc2)c(C2CC2)c1. The molecule has 110 valence electrons. The van der Waals surface area contributed by atoms with Gasteiger partial charge in [-0.1, -0.05) is 30.3 Å². The number of hydrogen-bond acceptors (Lipinski definition) is 3. The van der Waals surface area contributed by atoms with Gasteiger partial charge in [-0.05, 0) is 48.1 Å². The number of hydrogen-bond donors (Lipinski definition) is 1. The Morgan fingerprint density at radius 1 is 1.23 bits per heavy atom. The van der Waals surface area contributed by atoms with Crippen molar-refractivity contribution < 1.29 is 9.53 Å². The van der Waals surface area contributed by atoms with E-state index in [1.165, 1.54) is 0 Å². The van der Waals surface area contributed by atoms with Crippen molar-refractivity contribution >= 4 is 11.8 Å². The summed E-state index contributed by atoms with van der Waals surface area (Å²) in [5.41, 5.74) is 3.32. The minimum atomic E-state index is -0.476. The monoisotopic (exact) mass is 292 g/mol. The summed E-state index contributed by atoms with van der Waals surface area (Å²) in [7, 11) is 0. The number of amides is 1. The minimum Gasteiger partial charge on any atom is -0.444 e. The molecule has 4 nitrogen and oxygen atoms in total. The van der Waals surface area contributed by atoms with E-state index in [4.69, 9.17) is 10.00 Å². The third kappa shape index (κ3) is 3.44. The first-order valence-corrected chi connectivity index (χ1v) is 7.28. The Morgan fingerprint density at radius 3 is 2.68 bits per heavy atom. The molecule has 1 aliphatic carbocycles. The van der Waals surface area contributed by atoms with Crippen molar-refractivity contribution in [3.05, 3.63) is 65.2 Å². The van der Waals surface area contributed by atoms with Gasteiger partial charge in [0.1, 0.15) is 6.61 Å². The molecule has 0 radical (unpaired) electrons. The molecule has 0 aliphatic heterocycles. The van der Waals surface area contributed by atoms with E-state index in [1.54, 1.807) is 12.1 Å². The fourth-order valence-electron chi connectivity index (χ4n) is 2.35. The zero-order chi connectivity index (χ0) is 15.4. The Morgan fingerprint density at radius 2 is 2.00 bits per heavy atom. The molecule has 1 aliphatic rings. The summed E-state index contributed by atoms with van der Waals surface area (Å²) in [4.78, 5) is 11.9. The average Bonchev–Trinajstić information content (AvgIpc) is 3.39. The van der Waals surface area contributed by atoms with Crippen molar-refractivity contribution in [1.29, 1.82) is 5.26 Å². The Kier molecular flexibility index (Phi) is 4.06. The summed E-state index contributed by atoms with van der Waals surface area (Å²) in [5.74, 6) is 0.442. The lowest BCUT2D eigenvalue weighted by Crippen LogP contribution is -2.14. The Bertz CT molecular complexity index is 716. The third-order valence-corrected chi connectivity index (χ3v) is 3.65. The van der Waals surface area contributed by atoms with Crippen LogP contribution in [0.2, 0.25) is 0 Å². The number of nitrogens with zero attached hydrogens (tertiary/aromatic N) is 1. The van der Waals surface area contributed by atoms with Crippen LogP contribution in [0.4, 0.5) is 10.5 Å². The second kappa shape index (κ2) is 6.31. The molecule has 1 amide bonds. The van der Waals surface area contributed by atoms with Gasteiger partial charge in [0.15, 0.2) is 0 Å². The van der Waals surface area contributed by atoms with Crippen molar-refractivity contribution in [2.45, 2.75) is 25.4 Å². The smallest absolute Gasteiger partial charge is 0.411 e. The maximum Gasteiger partial charge on any atom is 0.411 e. The van der Waals surface area contributed by atoms with E-state index in [0.29, 0.717) is 11.5 Å². The predicted octanol–water partition coefficient (Wildman–Crippen LogP) is 4.18. The van der Waals surface area contributed by atoms with Crippen LogP contribution < -0.4 is 5.32 Å². The quantitative estimate of drug-likeness (QED) is 0.919. The number of ether oxygens (including phenoxy) is 1. The summed E-state index contributed by atoms with van der Waals surface area (Å²) in [6.07, 6.45) is 1.72. The lowest BCUT2D eigenvalue weighted by Gasteiger charge is -2.11. The fraction of sp³-hybridized carbons (Fsp3) is 0.222. The zero-order valence-electron chi connectivity index (χ0n) is 12.1. The van der Waals surface area contributed by atoms with Crippen LogP contribution in [0.15, 0.2) is 48.5 Å². The predicted molar refractivity (Wildman–Crippen MR) is 83.4 cm³/mol. The van der Waals surface area contributed by atoms with E-state index < -0.39 is 6.09 Å². The largest absolute Gasteiger partial charge is 0.444 e. The van der Waals surface area contributed by atoms with E-state index in [9.17, 15) is 4.79 Å². The van der Waals surface area contributed by atoms with Gasteiger partial charge in [0.25, 0.3) is 0 Å². The first-order chi connectivity index (χ1) is 10.8. The standard InChI is InChI=1S/C18H16N2O2/c19-11-14-6-9-17(16(10-14)15-7-8-15)20-18(21)22-12-13-4-2-1-3-5-13/h1-6,9-10,15H,7-8,12H2,(H,20,21). The molecular weight excluding hydrogens is 276 g/mol. The van der Waals surface area contributed by atoms with Gasteiger partial charge in [0.05, 0.1) is 11.6 Å². The summed E-state index contributed by atoms with van der Waals surface area (Å²) in [5, 5.41) is 11.8. The summed E-state index contributed by atoms with van der Waals surface area (Å²) in [6.45, 7) is 0.238. The molecule has 1 saturated carbocycles. The van der Waals surface area contributed by atoms with Crippen molar-refractivity contribution in [2.24, 2.45) is 0 Å². The van der Waals surface area contributed by atoms with Crippen molar-refractivity contribution in [3.8, 4) is 6.07 Å². The number of rotatable bonds is 4. The molecule has 3 rings (SSSR count). The second-order valence-electron chi connectivity index (χ2n) is 5.37. The summed E-state index contributed by atoms with van der Waals surface area (Å²) in [6, 6.07) is 17.0. The van der Waals surface area contributed by atoms with Crippen LogP contribution in [-0.4, -0.2) is 6.09 Å². The van der Waals surface area contributed by atoms with E-state index in [1.807, 2.05) is 36.4 Å². The Hall–Kier alpha value is -2.80. The van der Waals surface area contributed by atoms with E-state index in [2.05, 4.69) is 11.4 Å². The van der Waals surface area contributed by atoms with Gasteiger partial charge in [-0.3, -0.25) is 5.32 Å². The highest BCUT2D eigenvalue weighted by Crippen LogP contribution is 2.43. The highest BCUT2D eigenvalue weighted by atomic mass is 16.5. The molecule has 0 atom stereocenters. The molecule has 0 saturated heterocycles. The molecular formula is C18H16N2O2. The third-order valence-electron chi connectivity index (χ3n) is 3.65. The first kappa shape index (κ1) is 14.2. The first-order valence-electron chi connectivity index (χ1n) is 7.28. The molecule has 2 aromatic carbocycles. The van der Waals surface area contributed by atoms with Crippen LogP contribution in [0.3, 0.4) is 0 Å².